The highest BCUT2D eigenvalue weighted by molar-refractivity contribution is 7.89. The molecule has 1 aliphatic heterocycles. The molecule has 24 heavy (non-hydrogen) atoms. The van der Waals surface area contributed by atoms with Gasteiger partial charge in [0.2, 0.25) is 16.0 Å². The second kappa shape index (κ2) is 6.52. The molecule has 1 fully saturated rings. The number of hydrogen-bond acceptors (Lipinski definition) is 5. The van der Waals surface area contributed by atoms with Crippen LogP contribution in [0.3, 0.4) is 0 Å². The third-order valence-electron chi connectivity index (χ3n) is 4.52. The maximum Gasteiger partial charge on any atom is 0.227 e. The maximum absolute atomic E-state index is 12.0. The van der Waals surface area contributed by atoms with Crippen LogP contribution in [0.2, 0.25) is 0 Å². The molecule has 0 N–H and O–H groups in total. The fourth-order valence-corrected chi connectivity index (χ4v) is 4.09. The highest BCUT2D eigenvalue weighted by Crippen LogP contribution is 2.25. The summed E-state index contributed by atoms with van der Waals surface area (Å²) in [6, 6.07) is 8.08. The van der Waals surface area contributed by atoms with E-state index in [1.165, 1.54) is 0 Å². The summed E-state index contributed by atoms with van der Waals surface area (Å²) in [7, 11) is -1.17. The molecule has 3 rings (SSSR count). The Bertz CT molecular complexity index is 823. The first-order chi connectivity index (χ1) is 11.4. The van der Waals surface area contributed by atoms with Crippen LogP contribution in [0.25, 0.3) is 11.4 Å². The monoisotopic (exact) mass is 349 g/mol. The van der Waals surface area contributed by atoms with Crippen molar-refractivity contribution in [1.29, 1.82) is 0 Å². The van der Waals surface area contributed by atoms with Gasteiger partial charge in [0.25, 0.3) is 0 Å². The largest absolute Gasteiger partial charge is 0.338 e. The third-order valence-corrected chi connectivity index (χ3v) is 6.40. The summed E-state index contributed by atoms with van der Waals surface area (Å²) in [6.07, 6.45) is 0. The fourth-order valence-electron chi connectivity index (χ4n) is 3.00. The molecule has 130 valence electrons. The number of rotatable bonds is 4. The number of hydrogen-bond donors (Lipinski definition) is 0. The van der Waals surface area contributed by atoms with Gasteiger partial charge in [0.15, 0.2) is 5.82 Å². The molecular formula is C16H23N5O2S. The summed E-state index contributed by atoms with van der Waals surface area (Å²) >= 11 is 0. The van der Waals surface area contributed by atoms with E-state index in [9.17, 15) is 8.42 Å². The van der Waals surface area contributed by atoms with Crippen LogP contribution in [0.1, 0.15) is 12.5 Å². The quantitative estimate of drug-likeness (QED) is 0.831. The molecule has 2 heterocycles. The van der Waals surface area contributed by atoms with Crippen LogP contribution in [0.15, 0.2) is 24.3 Å². The van der Waals surface area contributed by atoms with E-state index in [2.05, 4.69) is 28.1 Å². The lowest BCUT2D eigenvalue weighted by Gasteiger charge is -2.34. The zero-order valence-corrected chi connectivity index (χ0v) is 15.1. The molecule has 0 aliphatic carbocycles. The van der Waals surface area contributed by atoms with Gasteiger partial charge in [-0.15, -0.1) is 10.2 Å². The predicted molar refractivity (Wildman–Crippen MR) is 94.4 cm³/mol. The van der Waals surface area contributed by atoms with Gasteiger partial charge in [-0.05, 0) is 19.4 Å². The van der Waals surface area contributed by atoms with E-state index in [0.29, 0.717) is 26.2 Å². The second-order valence-corrected chi connectivity index (χ2v) is 8.24. The van der Waals surface area contributed by atoms with Crippen molar-refractivity contribution in [2.24, 2.45) is 7.05 Å². The third kappa shape index (κ3) is 3.03. The minimum absolute atomic E-state index is 0.147. The van der Waals surface area contributed by atoms with Crippen molar-refractivity contribution in [3.63, 3.8) is 0 Å². The van der Waals surface area contributed by atoms with Gasteiger partial charge in [0.05, 0.1) is 5.75 Å². The fraction of sp³-hybridized carbons (Fsp3) is 0.500. The molecule has 2 aromatic rings. The van der Waals surface area contributed by atoms with E-state index in [1.807, 2.05) is 29.8 Å². The zero-order chi connectivity index (χ0) is 17.3. The molecule has 1 aromatic carbocycles. The maximum atomic E-state index is 12.0. The van der Waals surface area contributed by atoms with E-state index in [4.69, 9.17) is 0 Å². The van der Waals surface area contributed by atoms with Gasteiger partial charge in [-0.3, -0.25) is 4.57 Å². The van der Waals surface area contributed by atoms with Crippen molar-refractivity contribution in [1.82, 2.24) is 19.1 Å². The molecule has 7 nitrogen and oxygen atoms in total. The summed E-state index contributed by atoms with van der Waals surface area (Å²) in [4.78, 5) is 2.09. The summed E-state index contributed by atoms with van der Waals surface area (Å²) < 4.78 is 27.5. The first kappa shape index (κ1) is 16.9. The van der Waals surface area contributed by atoms with E-state index in [0.717, 1.165) is 22.9 Å². The Balaban J connectivity index is 1.80. The number of aryl methyl sites for hydroxylation is 1. The van der Waals surface area contributed by atoms with Crippen LogP contribution in [0.5, 0.6) is 0 Å². The molecule has 0 spiro atoms. The molecule has 0 saturated carbocycles. The van der Waals surface area contributed by atoms with E-state index in [-0.39, 0.29) is 5.75 Å². The van der Waals surface area contributed by atoms with Crippen molar-refractivity contribution < 1.29 is 8.42 Å². The van der Waals surface area contributed by atoms with Gasteiger partial charge in [0.1, 0.15) is 0 Å². The van der Waals surface area contributed by atoms with Crippen LogP contribution >= 0.6 is 0 Å². The number of aromatic nitrogens is 3. The van der Waals surface area contributed by atoms with E-state index < -0.39 is 10.0 Å². The van der Waals surface area contributed by atoms with Crippen LogP contribution in [-0.2, 0) is 17.1 Å². The minimum Gasteiger partial charge on any atom is -0.338 e. The first-order valence-electron chi connectivity index (χ1n) is 8.12. The summed E-state index contributed by atoms with van der Waals surface area (Å²) in [6.45, 7) is 5.96. The minimum atomic E-state index is -3.12. The molecule has 1 saturated heterocycles. The van der Waals surface area contributed by atoms with E-state index in [1.54, 1.807) is 11.2 Å². The van der Waals surface area contributed by atoms with Crippen molar-refractivity contribution in [2.45, 2.75) is 13.8 Å². The van der Waals surface area contributed by atoms with E-state index >= 15 is 0 Å². The average Bonchev–Trinajstić information content (AvgIpc) is 2.97. The van der Waals surface area contributed by atoms with Crippen molar-refractivity contribution in [3.8, 4) is 11.4 Å². The molecule has 8 heteroatoms. The van der Waals surface area contributed by atoms with Crippen LogP contribution in [0, 0.1) is 6.92 Å². The zero-order valence-electron chi connectivity index (χ0n) is 14.3. The highest BCUT2D eigenvalue weighted by Gasteiger charge is 2.27. The van der Waals surface area contributed by atoms with Crippen molar-refractivity contribution in [2.75, 3.05) is 36.8 Å². The summed E-state index contributed by atoms with van der Waals surface area (Å²) in [5.74, 6) is 1.75. The molecule has 0 radical (unpaired) electrons. The highest BCUT2D eigenvalue weighted by atomic mass is 32.2. The molecule has 1 aromatic heterocycles. The topological polar surface area (TPSA) is 71.3 Å². The van der Waals surface area contributed by atoms with Gasteiger partial charge < -0.3 is 4.90 Å². The first-order valence-corrected chi connectivity index (χ1v) is 9.73. The smallest absolute Gasteiger partial charge is 0.227 e. The lowest BCUT2D eigenvalue weighted by Crippen LogP contribution is -2.49. The van der Waals surface area contributed by atoms with Gasteiger partial charge in [0, 0.05) is 38.8 Å². The number of nitrogens with zero attached hydrogens (tertiary/aromatic N) is 5. The summed E-state index contributed by atoms with van der Waals surface area (Å²) in [5.41, 5.74) is 2.21. The standard InChI is InChI=1S/C16H23N5O2S/c1-4-24(22,23)21-11-9-20(10-12-21)16-18-17-15(19(16)3)14-8-6-5-7-13(14)2/h5-8H,4,9-12H2,1-3H3. The van der Waals surface area contributed by atoms with Gasteiger partial charge >= 0.3 is 0 Å². The lowest BCUT2D eigenvalue weighted by atomic mass is 10.1. The SMILES string of the molecule is CCS(=O)(=O)N1CCN(c2nnc(-c3ccccc3C)n2C)CC1. The van der Waals surface area contributed by atoms with Crippen molar-refractivity contribution in [3.05, 3.63) is 29.8 Å². The molecule has 0 amide bonds. The Labute approximate surface area is 143 Å². The van der Waals surface area contributed by atoms with Crippen LogP contribution < -0.4 is 4.90 Å². The molecule has 0 atom stereocenters. The molecule has 0 bridgehead atoms. The second-order valence-electron chi connectivity index (χ2n) is 5.98. The number of piperazine rings is 1. The lowest BCUT2D eigenvalue weighted by molar-refractivity contribution is 0.382. The normalized spacial score (nSPS) is 16.5. The molecular weight excluding hydrogens is 326 g/mol. The Morgan fingerprint density at radius 3 is 2.38 bits per heavy atom. The van der Waals surface area contributed by atoms with Gasteiger partial charge in [-0.25, -0.2) is 8.42 Å². The Morgan fingerprint density at radius 1 is 1.08 bits per heavy atom. The van der Waals surface area contributed by atoms with Gasteiger partial charge in [-0.2, -0.15) is 4.31 Å². The van der Waals surface area contributed by atoms with Crippen LogP contribution in [-0.4, -0.2) is 59.4 Å². The molecule has 0 unspecified atom stereocenters. The number of benzene rings is 1. The Hall–Kier alpha value is -1.93. The Kier molecular flexibility index (Phi) is 4.60. The van der Waals surface area contributed by atoms with Crippen LogP contribution in [0.4, 0.5) is 5.95 Å². The predicted octanol–water partition coefficient (Wildman–Crippen LogP) is 1.26. The Morgan fingerprint density at radius 2 is 1.75 bits per heavy atom. The summed E-state index contributed by atoms with van der Waals surface area (Å²) in [5, 5.41) is 8.68. The number of anilines is 1. The number of sulfonamides is 1. The van der Waals surface area contributed by atoms with Crippen molar-refractivity contribution >= 4 is 16.0 Å². The average molecular weight is 349 g/mol. The van der Waals surface area contributed by atoms with Gasteiger partial charge in [-0.1, -0.05) is 24.3 Å². The molecule has 1 aliphatic rings.